The number of halogens is 6. The monoisotopic (exact) mass is 582 g/mol. The Morgan fingerprint density at radius 3 is 1.63 bits per heavy atom. The Kier molecular flexibility index (Phi) is 12.7. The van der Waals surface area contributed by atoms with Crippen molar-refractivity contribution in [3.8, 4) is 0 Å². The molecule has 0 atom stereocenters. The average molecular weight is 583 g/mol. The molecule has 0 aromatic heterocycles. The first-order valence-corrected chi connectivity index (χ1v) is 13.6. The average Bonchev–Trinajstić information content (AvgIpc) is 2.94. The van der Waals surface area contributed by atoms with E-state index in [-0.39, 0.29) is 22.4 Å². The van der Waals surface area contributed by atoms with Crippen LogP contribution in [0.3, 0.4) is 0 Å². The van der Waals surface area contributed by atoms with E-state index in [0.717, 1.165) is 12.8 Å². The molecule has 10 heteroatoms. The van der Waals surface area contributed by atoms with Crippen LogP contribution in [0.5, 0.6) is 0 Å². The topological polar surface area (TPSA) is 40.6 Å². The zero-order chi connectivity index (χ0) is 30.6. The largest absolute Gasteiger partial charge is 0.454 e. The Morgan fingerprint density at radius 1 is 0.683 bits per heavy atom. The maximum absolute atomic E-state index is 13.4. The lowest BCUT2D eigenvalue weighted by atomic mass is 9.98. The summed E-state index contributed by atoms with van der Waals surface area (Å²) in [5, 5.41) is 0. The Morgan fingerprint density at radius 2 is 1.17 bits per heavy atom. The van der Waals surface area contributed by atoms with Gasteiger partial charge in [0, 0.05) is 38.1 Å². The van der Waals surface area contributed by atoms with Crippen molar-refractivity contribution in [2.75, 3.05) is 26.2 Å². The lowest BCUT2D eigenvalue weighted by molar-refractivity contribution is -0.164. The summed E-state index contributed by atoms with van der Waals surface area (Å²) < 4.78 is 79.9. The molecule has 2 aromatic rings. The van der Waals surface area contributed by atoms with E-state index in [9.17, 15) is 35.9 Å². The smallest absolute Gasteiger partial charge is 0.377 e. The third kappa shape index (κ3) is 10.1. The maximum Gasteiger partial charge on any atom is 0.454 e. The zero-order valence-electron chi connectivity index (χ0n) is 23.5. The van der Waals surface area contributed by atoms with Crippen LogP contribution in [0.1, 0.15) is 57.6 Å². The number of hydrogen-bond donors (Lipinski definition) is 0. The molecular weight excluding hydrogens is 546 g/mol. The molecule has 0 aliphatic heterocycles. The second-order valence-electron chi connectivity index (χ2n) is 9.51. The van der Waals surface area contributed by atoms with Gasteiger partial charge in [0.2, 0.25) is 0 Å². The van der Waals surface area contributed by atoms with Gasteiger partial charge in [-0.25, -0.2) is 0 Å². The minimum Gasteiger partial charge on any atom is -0.377 e. The summed E-state index contributed by atoms with van der Waals surface area (Å²) in [7, 11) is 0. The normalized spacial score (nSPS) is 13.0. The van der Waals surface area contributed by atoms with E-state index in [1.165, 1.54) is 37.4 Å². The van der Waals surface area contributed by atoms with Gasteiger partial charge in [-0.15, -0.1) is 0 Å². The molecule has 0 saturated heterocycles. The first-order valence-electron chi connectivity index (χ1n) is 13.6. The van der Waals surface area contributed by atoms with E-state index >= 15 is 0 Å². The number of carbonyl (C=O) groups excluding carboxylic acids is 2. The van der Waals surface area contributed by atoms with Crippen molar-refractivity contribution in [2.24, 2.45) is 0 Å². The van der Waals surface area contributed by atoms with Crippen molar-refractivity contribution in [2.45, 2.75) is 58.8 Å². The predicted molar refractivity (Wildman–Crippen MR) is 149 cm³/mol. The number of rotatable bonds is 15. The third-order valence-electron chi connectivity index (χ3n) is 6.69. The first kappa shape index (κ1) is 33.6. The molecule has 0 fully saturated rings. The molecule has 0 heterocycles. The lowest BCUT2D eigenvalue weighted by Crippen LogP contribution is -2.30. The fourth-order valence-electron chi connectivity index (χ4n) is 4.47. The van der Waals surface area contributed by atoms with Crippen molar-refractivity contribution in [3.05, 3.63) is 83.7 Å². The molecular formula is C31H36F6N2O2. The SMILES string of the molecule is CCN(/C=C(\C(=O)C(F)(F)F)c1ccccc1)CCCCCCN(CC)/C(C)=C(\C(=O)C(F)(F)F)c1ccccc1. The highest BCUT2D eigenvalue weighted by molar-refractivity contribution is 6.24. The molecule has 0 radical (unpaired) electrons. The number of Topliss-reactive ketones (excluding diaryl/α,β-unsaturated/α-hetero) is 2. The van der Waals surface area contributed by atoms with Gasteiger partial charge in [-0.1, -0.05) is 73.5 Å². The van der Waals surface area contributed by atoms with Crippen molar-refractivity contribution >= 4 is 22.7 Å². The quantitative estimate of drug-likeness (QED) is 0.122. The van der Waals surface area contributed by atoms with Crippen LogP contribution >= 0.6 is 0 Å². The minimum atomic E-state index is -5.00. The van der Waals surface area contributed by atoms with Crippen molar-refractivity contribution < 1.29 is 35.9 Å². The van der Waals surface area contributed by atoms with Gasteiger partial charge in [-0.05, 0) is 44.7 Å². The fraction of sp³-hybridized carbons (Fsp3) is 0.419. The van der Waals surface area contributed by atoms with Gasteiger partial charge >= 0.3 is 12.4 Å². The van der Waals surface area contributed by atoms with Crippen molar-refractivity contribution in [1.82, 2.24) is 9.80 Å². The van der Waals surface area contributed by atoms with E-state index < -0.39 is 29.5 Å². The summed E-state index contributed by atoms with van der Waals surface area (Å²) in [5.41, 5.74) is -0.130. The maximum atomic E-state index is 13.4. The number of unbranched alkanes of at least 4 members (excludes halogenated alkanes) is 3. The molecule has 2 rings (SSSR count). The molecule has 0 saturated carbocycles. The molecule has 0 bridgehead atoms. The Bertz CT molecular complexity index is 1190. The standard InChI is InChI=1S/C31H36F6N2O2/c1-4-38(22-26(28(40)30(32,33)34)24-16-10-8-11-17-24)20-14-6-7-15-21-39(5-2)23(3)27(29(41)31(35,36)37)25-18-12-9-13-19-25/h8-13,16-19,22H,4-7,14-15,20-21H2,1-3H3/b26-22-,27-23-. The second kappa shape index (κ2) is 15.4. The molecule has 4 nitrogen and oxygen atoms in total. The Balaban J connectivity index is 2.04. The van der Waals surface area contributed by atoms with Crippen LogP contribution in [-0.2, 0) is 9.59 Å². The number of ketones is 2. The molecule has 41 heavy (non-hydrogen) atoms. The molecule has 0 amide bonds. The number of hydrogen-bond acceptors (Lipinski definition) is 4. The third-order valence-corrected chi connectivity index (χ3v) is 6.69. The van der Waals surface area contributed by atoms with Crippen LogP contribution in [-0.4, -0.2) is 59.9 Å². The molecule has 0 aliphatic rings. The van der Waals surface area contributed by atoms with E-state index in [4.69, 9.17) is 0 Å². The molecule has 0 unspecified atom stereocenters. The van der Waals surface area contributed by atoms with Crippen LogP contribution in [0.25, 0.3) is 11.1 Å². The second-order valence-corrected chi connectivity index (χ2v) is 9.51. The summed E-state index contributed by atoms with van der Waals surface area (Å²) >= 11 is 0. The number of alkyl halides is 6. The number of benzene rings is 2. The number of allylic oxidation sites excluding steroid dienone is 3. The van der Waals surface area contributed by atoms with Crippen molar-refractivity contribution in [1.29, 1.82) is 0 Å². The summed E-state index contributed by atoms with van der Waals surface area (Å²) in [6, 6.07) is 15.5. The van der Waals surface area contributed by atoms with Gasteiger partial charge in [0.1, 0.15) is 0 Å². The molecule has 224 valence electrons. The molecule has 2 aromatic carbocycles. The van der Waals surface area contributed by atoms with Crippen LogP contribution < -0.4 is 0 Å². The highest BCUT2D eigenvalue weighted by Crippen LogP contribution is 2.31. The molecule has 0 spiro atoms. The van der Waals surface area contributed by atoms with Gasteiger partial charge in [0.25, 0.3) is 11.6 Å². The van der Waals surface area contributed by atoms with Gasteiger partial charge < -0.3 is 9.80 Å². The van der Waals surface area contributed by atoms with Gasteiger partial charge in [-0.2, -0.15) is 26.3 Å². The van der Waals surface area contributed by atoms with E-state index in [2.05, 4.69) is 0 Å². The summed E-state index contributed by atoms with van der Waals surface area (Å²) in [6.45, 7) is 6.82. The van der Waals surface area contributed by atoms with E-state index in [1.807, 2.05) is 6.92 Å². The fourth-order valence-corrected chi connectivity index (χ4v) is 4.47. The van der Waals surface area contributed by atoms with Crippen LogP contribution in [0.2, 0.25) is 0 Å². The van der Waals surface area contributed by atoms with Crippen LogP contribution in [0.4, 0.5) is 26.3 Å². The minimum absolute atomic E-state index is 0.190. The van der Waals surface area contributed by atoms with Crippen molar-refractivity contribution in [3.63, 3.8) is 0 Å². The predicted octanol–water partition coefficient (Wildman–Crippen LogP) is 7.93. The van der Waals surface area contributed by atoms with Crippen LogP contribution in [0, 0.1) is 0 Å². The highest BCUT2D eigenvalue weighted by Gasteiger charge is 2.42. The molecule has 0 aliphatic carbocycles. The van der Waals surface area contributed by atoms with E-state index in [0.29, 0.717) is 39.0 Å². The van der Waals surface area contributed by atoms with Gasteiger partial charge in [-0.3, -0.25) is 9.59 Å². The zero-order valence-corrected chi connectivity index (χ0v) is 23.5. The van der Waals surface area contributed by atoms with Crippen LogP contribution in [0.15, 0.2) is 72.6 Å². The molecule has 0 N–H and O–H groups in total. The summed E-state index contributed by atoms with van der Waals surface area (Å²) in [4.78, 5) is 27.8. The summed E-state index contributed by atoms with van der Waals surface area (Å²) in [6.07, 6.45) is -5.98. The Hall–Kier alpha value is -3.56. The van der Waals surface area contributed by atoms with Gasteiger partial charge in [0.15, 0.2) is 0 Å². The highest BCUT2D eigenvalue weighted by atomic mass is 19.4. The van der Waals surface area contributed by atoms with E-state index in [1.54, 1.807) is 53.1 Å². The van der Waals surface area contributed by atoms with Gasteiger partial charge in [0.05, 0.1) is 11.1 Å². The Labute approximate surface area is 237 Å². The number of carbonyl (C=O) groups is 2. The first-order chi connectivity index (χ1) is 19.3. The summed E-state index contributed by atoms with van der Waals surface area (Å²) in [5.74, 6) is -3.78. The number of nitrogens with zero attached hydrogens (tertiary/aromatic N) is 2. The lowest BCUT2D eigenvalue weighted by Gasteiger charge is -2.27.